The Balaban J connectivity index is 1.06. The van der Waals surface area contributed by atoms with Crippen molar-refractivity contribution in [2.45, 2.75) is 57.8 Å². The molecule has 0 amide bonds. The average molecular weight is 848 g/mol. The predicted molar refractivity (Wildman–Crippen MR) is 284 cm³/mol. The van der Waals surface area contributed by atoms with Crippen molar-refractivity contribution in [1.82, 2.24) is 0 Å². The Morgan fingerprint density at radius 3 is 1.35 bits per heavy atom. The summed E-state index contributed by atoms with van der Waals surface area (Å²) in [6, 6.07) is 74.4. The molecule has 12 rings (SSSR count). The van der Waals surface area contributed by atoms with Crippen LogP contribution in [0.5, 0.6) is 0 Å². The Bertz CT molecular complexity index is 3360. The lowest BCUT2D eigenvalue weighted by atomic mass is 9.75. The third-order valence-corrected chi connectivity index (χ3v) is 14.6. The van der Waals surface area contributed by atoms with Crippen molar-refractivity contribution in [2.24, 2.45) is 0 Å². The van der Waals surface area contributed by atoms with Crippen LogP contribution >= 0.6 is 0 Å². The molecular formula is C65H53N. The van der Waals surface area contributed by atoms with Gasteiger partial charge in [0.1, 0.15) is 0 Å². The lowest BCUT2D eigenvalue weighted by molar-refractivity contribution is 0.662. The lowest BCUT2D eigenvalue weighted by Gasteiger charge is -2.29. The number of hydrogen-bond acceptors (Lipinski definition) is 1. The molecule has 10 aromatic rings. The Hall–Kier alpha value is -7.48. The Morgan fingerprint density at radius 1 is 0.303 bits per heavy atom. The van der Waals surface area contributed by atoms with Gasteiger partial charge in [-0.05, 0) is 181 Å². The van der Waals surface area contributed by atoms with Crippen molar-refractivity contribution in [2.75, 3.05) is 4.90 Å². The summed E-state index contributed by atoms with van der Waals surface area (Å²) in [6.07, 6.45) is 10.5. The van der Waals surface area contributed by atoms with E-state index in [-0.39, 0.29) is 0 Å². The molecule has 1 saturated carbocycles. The third kappa shape index (κ3) is 7.02. The minimum absolute atomic E-state index is 1.04. The third-order valence-electron chi connectivity index (χ3n) is 14.6. The van der Waals surface area contributed by atoms with Crippen LogP contribution in [0.4, 0.5) is 17.1 Å². The maximum atomic E-state index is 4.92. The van der Waals surface area contributed by atoms with Crippen molar-refractivity contribution in [3.8, 4) is 22.3 Å². The van der Waals surface area contributed by atoms with E-state index in [1.807, 2.05) is 0 Å². The van der Waals surface area contributed by atoms with Crippen LogP contribution in [0.25, 0.3) is 76.5 Å². The van der Waals surface area contributed by atoms with E-state index in [9.17, 15) is 0 Å². The number of allylic oxidation sites excluding steroid dienone is 5. The van der Waals surface area contributed by atoms with Gasteiger partial charge in [-0.3, -0.25) is 0 Å². The van der Waals surface area contributed by atoms with Gasteiger partial charge < -0.3 is 4.90 Å². The molecule has 318 valence electrons. The fraction of sp³-hybridized carbons (Fsp3) is 0.138. The zero-order valence-electron chi connectivity index (χ0n) is 37.6. The van der Waals surface area contributed by atoms with Crippen molar-refractivity contribution in [1.29, 1.82) is 0 Å². The van der Waals surface area contributed by atoms with Gasteiger partial charge in [-0.2, -0.15) is 0 Å². The van der Waals surface area contributed by atoms with Gasteiger partial charge in [0, 0.05) is 16.8 Å². The first-order valence-corrected chi connectivity index (χ1v) is 24.1. The zero-order valence-corrected chi connectivity index (χ0v) is 37.6. The van der Waals surface area contributed by atoms with Gasteiger partial charge in [0.05, 0.1) is 5.69 Å². The van der Waals surface area contributed by atoms with Crippen LogP contribution in [0.2, 0.25) is 0 Å². The van der Waals surface area contributed by atoms with Crippen LogP contribution < -0.4 is 4.90 Å². The van der Waals surface area contributed by atoms with Gasteiger partial charge in [0.2, 0.25) is 0 Å². The zero-order chi connectivity index (χ0) is 44.0. The highest BCUT2D eigenvalue weighted by Crippen LogP contribution is 2.50. The topological polar surface area (TPSA) is 3.24 Å². The number of benzene rings is 10. The molecule has 66 heavy (non-hydrogen) atoms. The Kier molecular flexibility index (Phi) is 10.4. The average Bonchev–Trinajstić information content (AvgIpc) is 3.38. The van der Waals surface area contributed by atoms with E-state index in [2.05, 4.69) is 205 Å². The summed E-state index contributed by atoms with van der Waals surface area (Å²) in [5.74, 6) is 0. The first kappa shape index (κ1) is 40.1. The molecule has 2 aliphatic rings. The van der Waals surface area contributed by atoms with Gasteiger partial charge in [-0.25, -0.2) is 0 Å². The van der Waals surface area contributed by atoms with E-state index in [0.29, 0.717) is 0 Å². The smallest absolute Gasteiger partial charge is 0.0540 e. The number of hydrogen-bond donors (Lipinski definition) is 0. The van der Waals surface area contributed by atoms with Gasteiger partial charge in [0.25, 0.3) is 0 Å². The van der Waals surface area contributed by atoms with Crippen molar-refractivity contribution < 1.29 is 0 Å². The predicted octanol–water partition coefficient (Wildman–Crippen LogP) is 18.8. The summed E-state index contributed by atoms with van der Waals surface area (Å²) in [4.78, 5) is 2.45. The van der Waals surface area contributed by atoms with Gasteiger partial charge in [0.15, 0.2) is 0 Å². The van der Waals surface area contributed by atoms with E-state index in [0.717, 1.165) is 37.1 Å². The van der Waals surface area contributed by atoms with E-state index in [4.69, 9.17) is 6.58 Å². The van der Waals surface area contributed by atoms with Crippen LogP contribution in [0.1, 0.15) is 68.9 Å². The second-order valence-electron chi connectivity index (χ2n) is 18.5. The molecule has 2 aliphatic carbocycles. The van der Waals surface area contributed by atoms with Crippen LogP contribution in [-0.4, -0.2) is 0 Å². The molecule has 1 nitrogen and oxygen atoms in total. The second-order valence-corrected chi connectivity index (χ2v) is 18.5. The standard InChI is InChI=1S/C65H53N/c1-44-18-6-2-13-25-52(49-23-11-5-12-24-49)53-26-14-15-27-54(53)63(44)58-40-41-59-57-30-17-31-61-62(43-42-60(65(57)61)56-29-16-28-55(58)64(56)59)66(50-36-32-47(33-37-50)45-19-7-3-8-20-45)51-38-34-48(35-39-51)46-21-9-4-10-22-46/h3-5,7-12,16-17,19-24,28-43H,1-2,6,13-15,18,25-27H2/b53-52+,63-54?. The first-order valence-electron chi connectivity index (χ1n) is 24.1. The molecule has 0 atom stereocenters. The van der Waals surface area contributed by atoms with E-state index >= 15 is 0 Å². The number of nitrogens with zero attached hydrogens (tertiary/aromatic N) is 1. The van der Waals surface area contributed by atoms with Crippen molar-refractivity contribution in [3.05, 3.63) is 235 Å². The van der Waals surface area contributed by atoms with Crippen LogP contribution in [0.3, 0.4) is 0 Å². The molecular weight excluding hydrogens is 795 g/mol. The number of rotatable bonds is 7. The van der Waals surface area contributed by atoms with Crippen LogP contribution in [0, 0.1) is 0 Å². The fourth-order valence-electron chi connectivity index (χ4n) is 11.5. The normalized spacial score (nSPS) is 16.0. The Morgan fingerprint density at radius 2 is 0.742 bits per heavy atom. The summed E-state index contributed by atoms with van der Waals surface area (Å²) < 4.78 is 0. The minimum atomic E-state index is 1.04. The summed E-state index contributed by atoms with van der Waals surface area (Å²) in [6.45, 7) is 4.92. The van der Waals surface area contributed by atoms with E-state index in [1.54, 1.807) is 16.7 Å². The molecule has 0 unspecified atom stereocenters. The molecule has 0 heterocycles. The molecule has 0 aromatic heterocycles. The molecule has 1 fully saturated rings. The largest absolute Gasteiger partial charge is 0.310 e. The highest BCUT2D eigenvalue weighted by atomic mass is 15.1. The minimum Gasteiger partial charge on any atom is -0.310 e. The van der Waals surface area contributed by atoms with Crippen LogP contribution in [-0.2, 0) is 0 Å². The van der Waals surface area contributed by atoms with Gasteiger partial charge in [-0.1, -0.05) is 183 Å². The molecule has 0 N–H and O–H groups in total. The molecule has 0 aliphatic heterocycles. The summed E-state index contributed by atoms with van der Waals surface area (Å²) in [7, 11) is 0. The fourth-order valence-corrected chi connectivity index (χ4v) is 11.5. The maximum Gasteiger partial charge on any atom is 0.0540 e. The van der Waals surface area contributed by atoms with E-state index < -0.39 is 0 Å². The molecule has 0 radical (unpaired) electrons. The summed E-state index contributed by atoms with van der Waals surface area (Å²) >= 11 is 0. The second kappa shape index (κ2) is 17.1. The maximum absolute atomic E-state index is 4.92. The highest BCUT2D eigenvalue weighted by Gasteiger charge is 2.26. The SMILES string of the molecule is C=C1CCCCC/C(c2ccccc2)=C2/CCCCC2=C1c1ccc2c3cccc4c(N(c5ccc(-c6ccccc6)cc5)c5ccc(-c6ccccc6)cc5)ccc(c5cccc1c25)c43. The number of anilines is 3. The quantitative estimate of drug-likeness (QED) is 0.114. The highest BCUT2D eigenvalue weighted by molar-refractivity contribution is 6.35. The lowest BCUT2D eigenvalue weighted by Crippen LogP contribution is -2.10. The van der Waals surface area contributed by atoms with Gasteiger partial charge >= 0.3 is 0 Å². The molecule has 0 bridgehead atoms. The van der Waals surface area contributed by atoms with Gasteiger partial charge in [-0.15, -0.1) is 0 Å². The number of fused-ring (bicyclic) bond motifs is 3. The summed E-state index contributed by atoms with van der Waals surface area (Å²) in [5, 5.41) is 10.5. The molecule has 0 spiro atoms. The van der Waals surface area contributed by atoms with Crippen LogP contribution in [0.15, 0.2) is 223 Å². The monoisotopic (exact) mass is 847 g/mol. The Labute approximate surface area is 389 Å². The molecule has 1 heteroatoms. The van der Waals surface area contributed by atoms with Crippen molar-refractivity contribution in [3.63, 3.8) is 0 Å². The first-order chi connectivity index (χ1) is 32.7. The summed E-state index contributed by atoms with van der Waals surface area (Å²) in [5.41, 5.74) is 18.4. The van der Waals surface area contributed by atoms with Crippen molar-refractivity contribution >= 4 is 71.3 Å². The molecule has 10 aromatic carbocycles. The van der Waals surface area contributed by atoms with E-state index in [1.165, 1.54) is 125 Å². The molecule has 0 saturated heterocycles.